The average Bonchev–Trinajstić information content (AvgIpc) is 3.09. The molecule has 0 spiro atoms. The summed E-state index contributed by atoms with van der Waals surface area (Å²) in [5.41, 5.74) is 0.655. The second kappa shape index (κ2) is 8.95. The Morgan fingerprint density at radius 2 is 1.73 bits per heavy atom. The average molecular weight is 419 g/mol. The number of hydrogen-bond acceptors (Lipinski definition) is 5. The minimum atomic E-state index is -3.49. The van der Waals surface area contributed by atoms with E-state index in [1.165, 1.54) is 36.8 Å². The molecule has 146 valence electrons. The highest BCUT2D eigenvalue weighted by Gasteiger charge is 2.48. The molecule has 1 aliphatic heterocycles. The molecule has 0 bridgehead atoms. The van der Waals surface area contributed by atoms with E-state index in [0.717, 1.165) is 0 Å². The highest BCUT2D eigenvalue weighted by molar-refractivity contribution is 8.00. The zero-order valence-electron chi connectivity index (χ0n) is 15.0. The van der Waals surface area contributed by atoms with E-state index in [0.29, 0.717) is 36.9 Å². The monoisotopic (exact) mass is 418 g/mol. The summed E-state index contributed by atoms with van der Waals surface area (Å²) in [4.78, 5) is 14.0. The first-order valence-electron chi connectivity index (χ1n) is 8.89. The van der Waals surface area contributed by atoms with Crippen molar-refractivity contribution in [2.45, 2.75) is 53.4 Å². The number of piperidine rings is 1. The van der Waals surface area contributed by atoms with Gasteiger partial charge in [-0.2, -0.15) is 0 Å². The molecule has 1 saturated heterocycles. The first-order valence-corrected chi connectivity index (χ1v) is 11.7. The molecule has 1 amide bonds. The first kappa shape index (κ1) is 21.5. The van der Waals surface area contributed by atoms with Crippen LogP contribution in [-0.4, -0.2) is 43.7 Å². The van der Waals surface area contributed by atoms with Crippen molar-refractivity contribution in [3.63, 3.8) is 0 Å². The molecule has 0 unspecified atom stereocenters. The van der Waals surface area contributed by atoms with E-state index in [2.05, 4.69) is 10.6 Å². The Morgan fingerprint density at radius 3 is 2.27 bits per heavy atom. The number of carbonyl (C=O) groups is 1. The lowest BCUT2D eigenvalue weighted by molar-refractivity contribution is -0.119. The highest BCUT2D eigenvalue weighted by Crippen LogP contribution is 2.35. The van der Waals surface area contributed by atoms with E-state index in [1.54, 1.807) is 0 Å². The Kier molecular flexibility index (Phi) is 7.42. The third-order valence-electron chi connectivity index (χ3n) is 5.25. The second-order valence-corrected chi connectivity index (χ2v) is 10.7. The largest absolute Gasteiger partial charge is 0.325 e. The van der Waals surface area contributed by atoms with E-state index in [-0.39, 0.29) is 12.4 Å². The van der Waals surface area contributed by atoms with Crippen LogP contribution in [0.2, 0.25) is 0 Å². The van der Waals surface area contributed by atoms with Crippen LogP contribution < -0.4 is 10.6 Å². The summed E-state index contributed by atoms with van der Waals surface area (Å²) >= 11 is 1.89. The number of amides is 1. The molecular formula is C18H27ClN2O3S2. The van der Waals surface area contributed by atoms with Crippen LogP contribution in [0, 0.1) is 0 Å². The Morgan fingerprint density at radius 1 is 1.15 bits per heavy atom. The summed E-state index contributed by atoms with van der Waals surface area (Å²) in [5, 5.41) is 6.65. The summed E-state index contributed by atoms with van der Waals surface area (Å²) in [7, 11) is -3.49. The van der Waals surface area contributed by atoms with Crippen LogP contribution in [0.1, 0.15) is 38.5 Å². The van der Waals surface area contributed by atoms with Crippen LogP contribution >= 0.6 is 24.2 Å². The molecule has 8 heteroatoms. The fraction of sp³-hybridized carbons (Fsp3) is 0.611. The Balaban J connectivity index is 0.00000243. The molecule has 2 aliphatic rings. The molecule has 1 aromatic carbocycles. The van der Waals surface area contributed by atoms with Crippen molar-refractivity contribution < 1.29 is 13.2 Å². The van der Waals surface area contributed by atoms with Crippen molar-refractivity contribution in [2.75, 3.05) is 24.7 Å². The smallest absolute Gasteiger partial charge is 0.245 e. The summed E-state index contributed by atoms with van der Waals surface area (Å²) in [6.45, 7) is 1.08. The van der Waals surface area contributed by atoms with Crippen molar-refractivity contribution in [3.8, 4) is 0 Å². The lowest BCUT2D eigenvalue weighted by atomic mass is 9.95. The van der Waals surface area contributed by atoms with Gasteiger partial charge in [0.1, 0.15) is 0 Å². The fourth-order valence-electron chi connectivity index (χ4n) is 3.66. The molecule has 1 saturated carbocycles. The van der Waals surface area contributed by atoms with Crippen LogP contribution in [0.3, 0.4) is 0 Å². The van der Waals surface area contributed by atoms with Gasteiger partial charge in [0.15, 0.2) is 14.6 Å². The molecule has 1 aliphatic carbocycles. The van der Waals surface area contributed by atoms with Gasteiger partial charge in [-0.3, -0.25) is 4.79 Å². The van der Waals surface area contributed by atoms with Crippen LogP contribution in [0.15, 0.2) is 29.2 Å². The van der Waals surface area contributed by atoms with Gasteiger partial charge < -0.3 is 10.6 Å². The van der Waals surface area contributed by atoms with Crippen LogP contribution in [0.25, 0.3) is 0 Å². The van der Waals surface area contributed by atoms with Crippen molar-refractivity contribution in [2.24, 2.45) is 0 Å². The molecular weight excluding hydrogens is 392 g/mol. The molecule has 5 nitrogen and oxygen atoms in total. The Labute approximate surface area is 166 Å². The van der Waals surface area contributed by atoms with Gasteiger partial charge in [-0.25, -0.2) is 8.42 Å². The van der Waals surface area contributed by atoms with E-state index >= 15 is 0 Å². The molecule has 2 N–H and O–H groups in total. The molecule has 2 fully saturated rings. The van der Waals surface area contributed by atoms with E-state index in [9.17, 15) is 13.2 Å². The standard InChI is InChI=1S/C18H26N2O3S2.ClH/c1-25(22,23)18(10-12-19-13-11-18)17(21)20-14-6-8-16(9-7-14)24-15-4-2-3-5-15;/h6-9,15,19H,2-5,10-13H2,1H3,(H,20,21);1H. The van der Waals surface area contributed by atoms with E-state index in [1.807, 2.05) is 36.0 Å². The SMILES string of the molecule is CS(=O)(=O)C1(C(=O)Nc2ccc(SC3CCCC3)cc2)CCNCC1.Cl. The molecule has 26 heavy (non-hydrogen) atoms. The number of sulfone groups is 1. The maximum Gasteiger partial charge on any atom is 0.245 e. The highest BCUT2D eigenvalue weighted by atomic mass is 35.5. The zero-order chi connectivity index (χ0) is 17.9. The maximum atomic E-state index is 12.8. The van der Waals surface area contributed by atoms with Gasteiger partial charge in [-0.05, 0) is 63.0 Å². The van der Waals surface area contributed by atoms with Gasteiger partial charge in [0.2, 0.25) is 5.91 Å². The lowest BCUT2D eigenvalue weighted by Gasteiger charge is -2.34. The molecule has 0 radical (unpaired) electrons. The number of thioether (sulfide) groups is 1. The third kappa shape index (κ3) is 4.74. The molecule has 0 atom stereocenters. The number of carbonyl (C=O) groups excluding carboxylic acids is 1. The zero-order valence-corrected chi connectivity index (χ0v) is 17.4. The van der Waals surface area contributed by atoms with Gasteiger partial charge >= 0.3 is 0 Å². The van der Waals surface area contributed by atoms with Crippen LogP contribution in [0.4, 0.5) is 5.69 Å². The van der Waals surface area contributed by atoms with E-state index in [4.69, 9.17) is 0 Å². The van der Waals surface area contributed by atoms with Crippen molar-refractivity contribution >= 4 is 45.6 Å². The quantitative estimate of drug-likeness (QED) is 0.767. The van der Waals surface area contributed by atoms with Gasteiger partial charge in [-0.15, -0.1) is 24.2 Å². The number of hydrogen-bond donors (Lipinski definition) is 2. The van der Waals surface area contributed by atoms with Gasteiger partial charge in [0.05, 0.1) is 0 Å². The number of benzene rings is 1. The molecule has 1 aromatic rings. The predicted molar refractivity (Wildman–Crippen MR) is 110 cm³/mol. The van der Waals surface area contributed by atoms with Gasteiger partial charge in [0, 0.05) is 22.1 Å². The van der Waals surface area contributed by atoms with Gasteiger partial charge in [-0.1, -0.05) is 12.8 Å². The first-order chi connectivity index (χ1) is 11.9. The second-order valence-electron chi connectivity index (χ2n) is 7.02. The van der Waals surface area contributed by atoms with E-state index < -0.39 is 20.5 Å². The summed E-state index contributed by atoms with van der Waals surface area (Å²) in [5.74, 6) is -0.410. The molecule has 3 rings (SSSR count). The third-order valence-corrected chi connectivity index (χ3v) is 8.61. The lowest BCUT2D eigenvalue weighted by Crippen LogP contribution is -2.55. The number of halogens is 1. The summed E-state index contributed by atoms with van der Waals surface area (Å²) < 4.78 is 23.3. The van der Waals surface area contributed by atoms with Crippen molar-refractivity contribution in [1.82, 2.24) is 5.32 Å². The summed E-state index contributed by atoms with van der Waals surface area (Å²) in [6.07, 6.45) is 6.96. The molecule has 0 aromatic heterocycles. The normalized spacial score (nSPS) is 20.3. The number of nitrogens with one attached hydrogen (secondary N) is 2. The Bertz CT molecular complexity index is 710. The predicted octanol–water partition coefficient (Wildman–Crippen LogP) is 3.25. The van der Waals surface area contributed by atoms with Crippen molar-refractivity contribution in [1.29, 1.82) is 0 Å². The fourth-order valence-corrected chi connectivity index (χ4v) is 6.24. The van der Waals surface area contributed by atoms with Crippen molar-refractivity contribution in [3.05, 3.63) is 24.3 Å². The molecule has 1 heterocycles. The van der Waals surface area contributed by atoms with Crippen LogP contribution in [0.5, 0.6) is 0 Å². The number of anilines is 1. The topological polar surface area (TPSA) is 75.3 Å². The number of rotatable bonds is 5. The van der Waals surface area contributed by atoms with Crippen LogP contribution in [-0.2, 0) is 14.6 Å². The Hall–Kier alpha value is -0.760. The summed E-state index contributed by atoms with van der Waals surface area (Å²) in [6, 6.07) is 7.75. The minimum Gasteiger partial charge on any atom is -0.325 e. The minimum absolute atomic E-state index is 0. The van der Waals surface area contributed by atoms with Gasteiger partial charge in [0.25, 0.3) is 0 Å². The maximum absolute atomic E-state index is 12.8.